The third kappa shape index (κ3) is 5.19. The van der Waals surface area contributed by atoms with Gasteiger partial charge in [-0.05, 0) is 46.9 Å². The lowest BCUT2D eigenvalue weighted by atomic mass is 10.1. The van der Waals surface area contributed by atoms with Crippen molar-refractivity contribution in [3.8, 4) is 0 Å². The molecule has 25 heavy (non-hydrogen) atoms. The van der Waals surface area contributed by atoms with Crippen LogP contribution in [-0.4, -0.2) is 84.9 Å². The number of nitrogens with one attached hydrogen (secondary N) is 2. The summed E-state index contributed by atoms with van der Waals surface area (Å²) >= 11 is 0. The number of nitrogens with zero attached hydrogens (tertiary/aromatic N) is 5. The molecule has 2 heterocycles. The van der Waals surface area contributed by atoms with Gasteiger partial charge in [0.1, 0.15) is 0 Å². The highest BCUT2D eigenvalue weighted by Gasteiger charge is 2.22. The van der Waals surface area contributed by atoms with Gasteiger partial charge in [0, 0.05) is 58.1 Å². The Bertz CT molecular complexity index is 592. The molecule has 0 aromatic carbocycles. The monoisotopic (exact) mass is 349 g/mol. The van der Waals surface area contributed by atoms with Crippen LogP contribution in [0.25, 0.3) is 0 Å². The molecule has 0 saturated carbocycles. The summed E-state index contributed by atoms with van der Waals surface area (Å²) in [5.74, 6) is 0.869. The molecule has 0 amide bonds. The number of aliphatic imine (C=N–C) groups is 1. The minimum absolute atomic E-state index is 0.291. The molecule has 142 valence electrons. The molecule has 1 aromatic rings. The fourth-order valence-corrected chi connectivity index (χ4v) is 3.43. The average Bonchev–Trinajstić information content (AvgIpc) is 2.80. The second-order valence-electron chi connectivity index (χ2n) is 7.37. The van der Waals surface area contributed by atoms with Crippen LogP contribution in [0.3, 0.4) is 0 Å². The van der Waals surface area contributed by atoms with Crippen molar-refractivity contribution in [2.45, 2.75) is 39.3 Å². The van der Waals surface area contributed by atoms with E-state index in [2.05, 4.69) is 65.4 Å². The highest BCUT2D eigenvalue weighted by atomic mass is 15.3. The van der Waals surface area contributed by atoms with E-state index in [1.807, 2.05) is 18.8 Å². The smallest absolute Gasteiger partial charge is 0.191 e. The lowest BCUT2D eigenvalue weighted by Gasteiger charge is -2.38. The maximum Gasteiger partial charge on any atom is 0.191 e. The summed E-state index contributed by atoms with van der Waals surface area (Å²) in [4.78, 5) is 9.20. The minimum atomic E-state index is 0.291. The number of aromatic nitrogens is 2. The first-order valence-electron chi connectivity index (χ1n) is 9.16. The van der Waals surface area contributed by atoms with E-state index in [1.54, 1.807) is 0 Å². The Kier molecular flexibility index (Phi) is 6.84. The molecule has 1 aromatic heterocycles. The zero-order valence-electron chi connectivity index (χ0n) is 16.9. The third-order valence-corrected chi connectivity index (χ3v) is 5.26. The number of hydrogen-bond donors (Lipinski definition) is 2. The summed E-state index contributed by atoms with van der Waals surface area (Å²) < 4.78 is 1.96. The van der Waals surface area contributed by atoms with Crippen LogP contribution in [-0.2, 0) is 13.5 Å². The average molecular weight is 350 g/mol. The zero-order chi connectivity index (χ0) is 18.6. The maximum atomic E-state index is 4.51. The second-order valence-corrected chi connectivity index (χ2v) is 7.37. The Hall–Kier alpha value is -1.60. The first kappa shape index (κ1) is 19.7. The van der Waals surface area contributed by atoms with Crippen LogP contribution >= 0.6 is 0 Å². The SMILES string of the molecule is CN=C(NCC1CN(C)CCN1C)NC(C)Cc1c(C)nn(C)c1C. The number of piperazine rings is 1. The van der Waals surface area contributed by atoms with Crippen molar-refractivity contribution in [2.24, 2.45) is 12.0 Å². The molecular weight excluding hydrogens is 314 g/mol. The van der Waals surface area contributed by atoms with Gasteiger partial charge in [-0.1, -0.05) is 0 Å². The molecule has 2 N–H and O–H groups in total. The zero-order valence-corrected chi connectivity index (χ0v) is 16.9. The van der Waals surface area contributed by atoms with E-state index in [4.69, 9.17) is 0 Å². The molecule has 1 fully saturated rings. The standard InChI is InChI=1S/C18H35N7/c1-13(10-17-14(2)22-25(7)15(17)3)21-18(19-4)20-11-16-12-23(5)8-9-24(16)6/h13,16H,8-12H2,1-7H3,(H2,19,20,21). The molecule has 7 heteroatoms. The summed E-state index contributed by atoms with van der Waals surface area (Å²) in [5, 5.41) is 11.5. The van der Waals surface area contributed by atoms with Crippen LogP contribution < -0.4 is 10.6 Å². The molecule has 2 unspecified atom stereocenters. The van der Waals surface area contributed by atoms with Crippen molar-refractivity contribution >= 4 is 5.96 Å². The van der Waals surface area contributed by atoms with Gasteiger partial charge in [0.15, 0.2) is 5.96 Å². The Balaban J connectivity index is 1.86. The van der Waals surface area contributed by atoms with Gasteiger partial charge in [-0.2, -0.15) is 5.10 Å². The Labute approximate surface area is 152 Å². The molecular formula is C18H35N7. The molecule has 1 aliphatic rings. The number of rotatable bonds is 5. The van der Waals surface area contributed by atoms with Crippen molar-refractivity contribution in [3.05, 3.63) is 17.0 Å². The normalized spacial score (nSPS) is 21.4. The highest BCUT2D eigenvalue weighted by Crippen LogP contribution is 2.14. The van der Waals surface area contributed by atoms with Gasteiger partial charge in [0.25, 0.3) is 0 Å². The lowest BCUT2D eigenvalue weighted by Crippen LogP contribution is -2.56. The van der Waals surface area contributed by atoms with Crippen LogP contribution in [0.2, 0.25) is 0 Å². The van der Waals surface area contributed by atoms with Gasteiger partial charge >= 0.3 is 0 Å². The summed E-state index contributed by atoms with van der Waals surface area (Å²) in [6.45, 7) is 10.6. The molecule has 2 rings (SSSR count). The summed E-state index contributed by atoms with van der Waals surface area (Å²) in [5.41, 5.74) is 3.68. The lowest BCUT2D eigenvalue weighted by molar-refractivity contribution is 0.116. The Morgan fingerprint density at radius 2 is 2.00 bits per heavy atom. The van der Waals surface area contributed by atoms with Crippen molar-refractivity contribution in [1.82, 2.24) is 30.2 Å². The van der Waals surface area contributed by atoms with Gasteiger partial charge in [0.05, 0.1) is 5.69 Å². The van der Waals surface area contributed by atoms with Gasteiger partial charge in [0.2, 0.25) is 0 Å². The van der Waals surface area contributed by atoms with E-state index in [0.717, 1.165) is 44.3 Å². The summed E-state index contributed by atoms with van der Waals surface area (Å²) in [7, 11) is 8.22. The van der Waals surface area contributed by atoms with Crippen molar-refractivity contribution < 1.29 is 0 Å². The van der Waals surface area contributed by atoms with E-state index >= 15 is 0 Å². The Morgan fingerprint density at radius 1 is 1.28 bits per heavy atom. The number of hydrogen-bond acceptors (Lipinski definition) is 4. The van der Waals surface area contributed by atoms with Crippen molar-refractivity contribution in [1.29, 1.82) is 0 Å². The molecule has 1 saturated heterocycles. The topological polar surface area (TPSA) is 60.7 Å². The molecule has 1 aliphatic heterocycles. The van der Waals surface area contributed by atoms with E-state index in [-0.39, 0.29) is 0 Å². The van der Waals surface area contributed by atoms with E-state index < -0.39 is 0 Å². The predicted octanol–water partition coefficient (Wildman–Crippen LogP) is 0.379. The quantitative estimate of drug-likeness (QED) is 0.594. The minimum Gasteiger partial charge on any atom is -0.355 e. The molecule has 7 nitrogen and oxygen atoms in total. The van der Waals surface area contributed by atoms with Crippen LogP contribution in [0.1, 0.15) is 23.9 Å². The molecule has 2 atom stereocenters. The van der Waals surface area contributed by atoms with Gasteiger partial charge < -0.3 is 15.5 Å². The number of likely N-dealkylation sites (N-methyl/N-ethyl adjacent to an activating group) is 2. The van der Waals surface area contributed by atoms with E-state index in [0.29, 0.717) is 12.1 Å². The molecule has 0 bridgehead atoms. The fourth-order valence-electron chi connectivity index (χ4n) is 3.43. The van der Waals surface area contributed by atoms with E-state index in [9.17, 15) is 0 Å². The summed E-state index contributed by atoms with van der Waals surface area (Å²) in [6, 6.07) is 0.801. The fraction of sp³-hybridized carbons (Fsp3) is 0.778. The largest absolute Gasteiger partial charge is 0.355 e. The van der Waals surface area contributed by atoms with Crippen LogP contribution in [0.15, 0.2) is 4.99 Å². The van der Waals surface area contributed by atoms with Crippen LogP contribution in [0, 0.1) is 13.8 Å². The third-order valence-electron chi connectivity index (χ3n) is 5.26. The Morgan fingerprint density at radius 3 is 2.60 bits per heavy atom. The molecule has 0 radical (unpaired) electrons. The van der Waals surface area contributed by atoms with Gasteiger partial charge in [-0.25, -0.2) is 0 Å². The second kappa shape index (κ2) is 8.67. The first-order valence-corrected chi connectivity index (χ1v) is 9.16. The van der Waals surface area contributed by atoms with Gasteiger partial charge in [-0.15, -0.1) is 0 Å². The first-order chi connectivity index (χ1) is 11.8. The van der Waals surface area contributed by atoms with E-state index in [1.165, 1.54) is 11.3 Å². The number of aryl methyl sites for hydroxylation is 2. The predicted molar refractivity (Wildman–Crippen MR) is 104 cm³/mol. The van der Waals surface area contributed by atoms with Gasteiger partial charge in [-0.3, -0.25) is 14.6 Å². The highest BCUT2D eigenvalue weighted by molar-refractivity contribution is 5.80. The van der Waals surface area contributed by atoms with Crippen LogP contribution in [0.5, 0.6) is 0 Å². The molecule has 0 aliphatic carbocycles. The maximum absolute atomic E-state index is 4.51. The van der Waals surface area contributed by atoms with Crippen LogP contribution in [0.4, 0.5) is 0 Å². The van der Waals surface area contributed by atoms with Crippen molar-refractivity contribution in [2.75, 3.05) is 47.3 Å². The molecule has 0 spiro atoms. The summed E-state index contributed by atoms with van der Waals surface area (Å²) in [6.07, 6.45) is 0.943. The van der Waals surface area contributed by atoms with Crippen molar-refractivity contribution in [3.63, 3.8) is 0 Å². The number of guanidine groups is 1.